The topological polar surface area (TPSA) is 122 Å². The zero-order chi connectivity index (χ0) is 45.5. The van der Waals surface area contributed by atoms with Crippen LogP contribution >= 0.6 is 0 Å². The molecule has 0 bridgehead atoms. The van der Waals surface area contributed by atoms with Crippen molar-refractivity contribution in [2.45, 2.75) is 181 Å². The Morgan fingerprint density at radius 3 is 1.65 bits per heavy atom. The molecular formula is C52H92N2O9. The zero-order valence-corrected chi connectivity index (χ0v) is 40.4. The molecule has 0 radical (unpaired) electrons. The van der Waals surface area contributed by atoms with Crippen LogP contribution in [0.5, 0.6) is 0 Å². The molecule has 1 rings (SSSR count). The number of hydrogen-bond acceptors (Lipinski definition) is 11. The number of ether oxygens (including phenoxy) is 6. The first-order chi connectivity index (χ1) is 31.0. The van der Waals surface area contributed by atoms with Crippen LogP contribution in [0.4, 0.5) is 0 Å². The number of allylic oxidation sites excluding steroid dienone is 8. The van der Waals surface area contributed by atoms with Gasteiger partial charge in [0.25, 0.3) is 0 Å². The number of nitrogens with zero attached hydrogens (tertiary/aromatic N) is 1. The summed E-state index contributed by atoms with van der Waals surface area (Å²) >= 11 is 0. The number of esters is 3. The van der Waals surface area contributed by atoms with Crippen LogP contribution in [-0.4, -0.2) is 108 Å². The fraction of sp³-hybridized carbons (Fsp3) is 0.788. The van der Waals surface area contributed by atoms with E-state index in [-0.39, 0.29) is 44.6 Å². The number of nitrogens with one attached hydrogen (secondary N) is 1. The van der Waals surface area contributed by atoms with Gasteiger partial charge in [0, 0.05) is 45.7 Å². The lowest BCUT2D eigenvalue weighted by Crippen LogP contribution is -2.37. The van der Waals surface area contributed by atoms with Gasteiger partial charge in [-0.05, 0) is 109 Å². The Kier molecular flexibility index (Phi) is 42.2. The second-order valence-electron chi connectivity index (χ2n) is 16.7. The minimum Gasteiger partial charge on any atom is -0.465 e. The Morgan fingerprint density at radius 2 is 1.06 bits per heavy atom. The summed E-state index contributed by atoms with van der Waals surface area (Å²) < 4.78 is 34.4. The lowest BCUT2D eigenvalue weighted by atomic mass is 10.1. The van der Waals surface area contributed by atoms with Crippen LogP contribution in [0.2, 0.25) is 0 Å². The fourth-order valence-electron chi connectivity index (χ4n) is 6.82. The van der Waals surface area contributed by atoms with Gasteiger partial charge in [0.1, 0.15) is 19.8 Å². The van der Waals surface area contributed by atoms with Crippen LogP contribution in [0, 0.1) is 5.92 Å². The predicted molar refractivity (Wildman–Crippen MR) is 257 cm³/mol. The van der Waals surface area contributed by atoms with E-state index >= 15 is 0 Å². The molecule has 0 amide bonds. The van der Waals surface area contributed by atoms with Crippen LogP contribution in [-0.2, 0) is 42.8 Å². The summed E-state index contributed by atoms with van der Waals surface area (Å²) in [5, 5.41) is 3.32. The van der Waals surface area contributed by atoms with E-state index in [1.165, 1.54) is 25.7 Å². The van der Waals surface area contributed by atoms with Crippen molar-refractivity contribution >= 4 is 17.9 Å². The van der Waals surface area contributed by atoms with E-state index < -0.39 is 18.2 Å². The molecule has 0 aliphatic carbocycles. The van der Waals surface area contributed by atoms with E-state index in [0.717, 1.165) is 142 Å². The molecular weight excluding hydrogens is 797 g/mol. The molecule has 1 fully saturated rings. The summed E-state index contributed by atoms with van der Waals surface area (Å²) in [6.45, 7) is 13.5. The first kappa shape index (κ1) is 58.2. The van der Waals surface area contributed by atoms with E-state index in [0.29, 0.717) is 32.6 Å². The van der Waals surface area contributed by atoms with E-state index in [1.807, 2.05) is 0 Å². The van der Waals surface area contributed by atoms with Crippen molar-refractivity contribution in [1.29, 1.82) is 0 Å². The predicted octanol–water partition coefficient (Wildman–Crippen LogP) is 11.2. The molecule has 0 aromatic heterocycles. The average molecular weight is 889 g/mol. The molecule has 0 saturated carbocycles. The van der Waals surface area contributed by atoms with Crippen molar-refractivity contribution in [2.75, 3.05) is 79.0 Å². The molecule has 0 aromatic carbocycles. The van der Waals surface area contributed by atoms with Crippen molar-refractivity contribution < 1.29 is 42.8 Å². The third kappa shape index (κ3) is 40.4. The molecule has 63 heavy (non-hydrogen) atoms. The van der Waals surface area contributed by atoms with Gasteiger partial charge >= 0.3 is 17.9 Å². The number of carbonyl (C=O) groups excluding carboxylic acids is 3. The maximum absolute atomic E-state index is 13.0. The number of hydrogen-bond donors (Lipinski definition) is 1. The SMILES string of the molecule is CC/C=C\CCCCOC(CCC(=O)OCC(COC(=O)CCCCCCC/C=C\C/C=C\CCCCC)COC(=O)CCNCCCN1CCOCC1)OCCCC/C=C\CC. The van der Waals surface area contributed by atoms with Gasteiger partial charge in [-0.1, -0.05) is 101 Å². The number of carbonyl (C=O) groups is 3. The average Bonchev–Trinajstić information content (AvgIpc) is 3.29. The summed E-state index contributed by atoms with van der Waals surface area (Å²) in [7, 11) is 0. The molecule has 0 spiro atoms. The summed E-state index contributed by atoms with van der Waals surface area (Å²) in [5.74, 6) is -1.50. The molecule has 1 unspecified atom stereocenters. The van der Waals surface area contributed by atoms with Gasteiger partial charge < -0.3 is 33.7 Å². The quantitative estimate of drug-likeness (QED) is 0.0207. The Morgan fingerprint density at radius 1 is 0.556 bits per heavy atom. The summed E-state index contributed by atoms with van der Waals surface area (Å²) in [4.78, 5) is 40.7. The lowest BCUT2D eigenvalue weighted by Gasteiger charge is -2.26. The van der Waals surface area contributed by atoms with Crippen LogP contribution in [0.3, 0.4) is 0 Å². The Labute approximate surface area is 384 Å². The standard InChI is InChI=1S/C52H92N2O9/c1-4-7-10-13-16-17-18-19-20-21-22-23-24-25-28-32-49(55)61-45-48(47-63-51(57)35-37-53-36-31-38-54-39-43-58-44-40-54)46-62-50(56)33-34-52(59-41-29-26-14-11-8-5-2)60-42-30-27-15-12-9-6-3/h8-9,11-12,16-17,19-20,48,52-53H,4-7,10,13-15,18,21-47H2,1-3H3/b11-8-,12-9-,17-16-,20-19-. The maximum atomic E-state index is 13.0. The van der Waals surface area contributed by atoms with Crippen LogP contribution in [0.1, 0.15) is 175 Å². The molecule has 1 aliphatic rings. The van der Waals surface area contributed by atoms with E-state index in [4.69, 9.17) is 28.4 Å². The number of rotatable bonds is 44. The first-order valence-corrected chi connectivity index (χ1v) is 25.3. The third-order valence-electron chi connectivity index (χ3n) is 10.7. The van der Waals surface area contributed by atoms with Crippen LogP contribution in [0.25, 0.3) is 0 Å². The molecule has 364 valence electrons. The maximum Gasteiger partial charge on any atom is 0.307 e. The monoisotopic (exact) mass is 889 g/mol. The van der Waals surface area contributed by atoms with Crippen molar-refractivity contribution in [3.63, 3.8) is 0 Å². The molecule has 1 N–H and O–H groups in total. The molecule has 11 nitrogen and oxygen atoms in total. The number of morpholine rings is 1. The van der Waals surface area contributed by atoms with Crippen molar-refractivity contribution in [1.82, 2.24) is 10.2 Å². The normalized spacial score (nSPS) is 14.2. The van der Waals surface area contributed by atoms with E-state index in [2.05, 4.69) is 79.6 Å². The molecule has 1 atom stereocenters. The van der Waals surface area contributed by atoms with Gasteiger partial charge in [-0.15, -0.1) is 0 Å². The minimum atomic E-state index is -0.491. The van der Waals surface area contributed by atoms with Crippen molar-refractivity contribution in [3.8, 4) is 0 Å². The first-order valence-electron chi connectivity index (χ1n) is 25.3. The molecule has 1 heterocycles. The molecule has 0 aromatic rings. The van der Waals surface area contributed by atoms with Gasteiger partial charge in [0.2, 0.25) is 0 Å². The Balaban J connectivity index is 2.53. The zero-order valence-electron chi connectivity index (χ0n) is 40.4. The van der Waals surface area contributed by atoms with Crippen LogP contribution < -0.4 is 5.32 Å². The van der Waals surface area contributed by atoms with Crippen LogP contribution in [0.15, 0.2) is 48.6 Å². The minimum absolute atomic E-state index is 0.00411. The number of unbranched alkanes of at least 4 members (excludes halogenated alkanes) is 12. The van der Waals surface area contributed by atoms with E-state index in [9.17, 15) is 14.4 Å². The lowest BCUT2D eigenvalue weighted by molar-refractivity contribution is -0.162. The van der Waals surface area contributed by atoms with Crippen molar-refractivity contribution in [3.05, 3.63) is 48.6 Å². The Bertz CT molecular complexity index is 1160. The molecule has 1 saturated heterocycles. The molecule has 1 aliphatic heterocycles. The van der Waals surface area contributed by atoms with E-state index in [1.54, 1.807) is 0 Å². The van der Waals surface area contributed by atoms with Gasteiger partial charge in [-0.3, -0.25) is 19.3 Å². The fourth-order valence-corrected chi connectivity index (χ4v) is 6.82. The third-order valence-corrected chi connectivity index (χ3v) is 10.7. The second kappa shape index (κ2) is 45.7. The summed E-state index contributed by atoms with van der Waals surface area (Å²) in [5.41, 5.74) is 0. The van der Waals surface area contributed by atoms with Gasteiger partial charge in [0.15, 0.2) is 6.29 Å². The van der Waals surface area contributed by atoms with Gasteiger partial charge in [0.05, 0.1) is 32.0 Å². The van der Waals surface area contributed by atoms with Crippen molar-refractivity contribution in [2.24, 2.45) is 5.92 Å². The highest BCUT2D eigenvalue weighted by Gasteiger charge is 2.19. The second-order valence-corrected chi connectivity index (χ2v) is 16.7. The highest BCUT2D eigenvalue weighted by molar-refractivity contribution is 5.70. The smallest absolute Gasteiger partial charge is 0.307 e. The van der Waals surface area contributed by atoms with Gasteiger partial charge in [-0.2, -0.15) is 0 Å². The highest BCUT2D eigenvalue weighted by atomic mass is 16.7. The summed E-state index contributed by atoms with van der Waals surface area (Å²) in [6, 6.07) is 0. The largest absolute Gasteiger partial charge is 0.465 e. The summed E-state index contributed by atoms with van der Waals surface area (Å²) in [6.07, 6.45) is 39.7. The highest BCUT2D eigenvalue weighted by Crippen LogP contribution is 2.13. The Hall–Kier alpha value is -2.83. The van der Waals surface area contributed by atoms with Gasteiger partial charge in [-0.25, -0.2) is 0 Å². The molecule has 11 heteroatoms.